The van der Waals surface area contributed by atoms with Gasteiger partial charge in [-0.2, -0.15) is 0 Å². The molecule has 1 aromatic rings. The fraction of sp³-hybridized carbons (Fsp3) is 0.667. The second-order valence-corrected chi connectivity index (χ2v) is 7.79. The molecular weight excluding hydrogens is 294 g/mol. The maximum Gasteiger partial charge on any atom is 0.165 e. The molecule has 2 saturated heterocycles. The van der Waals surface area contributed by atoms with Crippen molar-refractivity contribution >= 4 is 0 Å². The molecule has 3 aliphatic heterocycles. The SMILES string of the molecule is COc1ccc2c3c1O[C@@H]1[C@@H](O)[C@H]4O[C@H]4[C@H]4[C@H](C2)N(C)CC[C@@]341. The van der Waals surface area contributed by atoms with Crippen LogP contribution in [0.5, 0.6) is 11.5 Å². The number of methoxy groups -OCH3 is 1. The largest absolute Gasteiger partial charge is 0.493 e. The number of likely N-dealkylation sites (N-methyl/N-ethyl adjacent to an activating group) is 1. The molecule has 23 heavy (non-hydrogen) atoms. The molecule has 1 N–H and O–H groups in total. The van der Waals surface area contributed by atoms with Crippen LogP contribution < -0.4 is 9.47 Å². The van der Waals surface area contributed by atoms with E-state index in [1.54, 1.807) is 7.11 Å². The number of aliphatic hydroxyl groups is 1. The van der Waals surface area contributed by atoms with Crippen LogP contribution in [0.4, 0.5) is 0 Å². The number of ether oxygens (including phenoxy) is 3. The second kappa shape index (κ2) is 3.85. The lowest BCUT2D eigenvalue weighted by molar-refractivity contribution is -0.0837. The van der Waals surface area contributed by atoms with Crippen LogP contribution in [-0.4, -0.2) is 61.2 Å². The second-order valence-electron chi connectivity index (χ2n) is 7.79. The van der Waals surface area contributed by atoms with Crippen LogP contribution in [-0.2, 0) is 16.6 Å². The number of hydrogen-bond acceptors (Lipinski definition) is 5. The van der Waals surface area contributed by atoms with E-state index in [1.165, 1.54) is 11.1 Å². The minimum absolute atomic E-state index is 0.0472. The summed E-state index contributed by atoms with van der Waals surface area (Å²) in [5.74, 6) is 2.09. The van der Waals surface area contributed by atoms with Crippen molar-refractivity contribution in [2.75, 3.05) is 20.7 Å². The lowest BCUT2D eigenvalue weighted by atomic mass is 9.51. The Kier molecular flexibility index (Phi) is 2.18. The van der Waals surface area contributed by atoms with Crippen molar-refractivity contribution in [3.8, 4) is 11.5 Å². The lowest BCUT2D eigenvalue weighted by Crippen LogP contribution is -2.68. The minimum atomic E-state index is -0.539. The van der Waals surface area contributed by atoms with E-state index in [0.717, 1.165) is 30.9 Å². The zero-order chi connectivity index (χ0) is 15.5. The molecule has 1 saturated carbocycles. The Bertz CT molecular complexity index is 721. The van der Waals surface area contributed by atoms with Gasteiger partial charge in [-0.05, 0) is 38.1 Å². The number of fused-ring (bicyclic) bond motifs is 1. The van der Waals surface area contributed by atoms with Gasteiger partial charge in [0.1, 0.15) is 18.3 Å². The highest BCUT2D eigenvalue weighted by Gasteiger charge is 2.75. The molecule has 122 valence electrons. The van der Waals surface area contributed by atoms with Gasteiger partial charge in [0.05, 0.1) is 13.2 Å². The average molecular weight is 315 g/mol. The molecule has 3 fully saturated rings. The summed E-state index contributed by atoms with van der Waals surface area (Å²) in [7, 11) is 3.91. The van der Waals surface area contributed by atoms with Crippen LogP contribution in [0.1, 0.15) is 17.5 Å². The number of nitrogens with zero attached hydrogens (tertiary/aromatic N) is 1. The van der Waals surface area contributed by atoms with Crippen LogP contribution in [0.3, 0.4) is 0 Å². The summed E-state index contributed by atoms with van der Waals surface area (Å²) in [6.45, 7) is 1.04. The highest BCUT2D eigenvalue weighted by atomic mass is 16.6. The number of rotatable bonds is 1. The number of likely N-dealkylation sites (tertiary alicyclic amines) is 1. The van der Waals surface area contributed by atoms with E-state index in [2.05, 4.69) is 18.0 Å². The Balaban J connectivity index is 1.66. The number of piperidine rings is 1. The van der Waals surface area contributed by atoms with Gasteiger partial charge < -0.3 is 24.2 Å². The first kappa shape index (κ1) is 13.0. The topological polar surface area (TPSA) is 54.5 Å². The fourth-order valence-corrected chi connectivity index (χ4v) is 6.14. The zero-order valence-electron chi connectivity index (χ0n) is 13.4. The van der Waals surface area contributed by atoms with Crippen molar-refractivity contribution in [3.63, 3.8) is 0 Å². The third-order valence-corrected chi connectivity index (χ3v) is 7.09. The molecule has 0 amide bonds. The van der Waals surface area contributed by atoms with Gasteiger partial charge in [0, 0.05) is 22.9 Å². The van der Waals surface area contributed by atoms with Crippen molar-refractivity contribution in [2.45, 2.75) is 48.7 Å². The number of epoxide rings is 1. The highest BCUT2D eigenvalue weighted by molar-refractivity contribution is 5.62. The molecule has 5 aliphatic rings. The van der Waals surface area contributed by atoms with E-state index < -0.39 is 6.10 Å². The molecule has 0 aromatic heterocycles. The summed E-state index contributed by atoms with van der Waals surface area (Å²) < 4.78 is 17.9. The standard InChI is InChI=1S/C18H21NO4/c1-19-6-5-18-11-8-3-4-10(21-2)14(11)23-17(18)13(20)16-15(22-16)12(18)9(19)7-8/h3-4,9,12-13,15-17,20H,5-7H2,1-2H3/t9-,12+,13-,15-,16+,17+,18+/m0/s1. The van der Waals surface area contributed by atoms with Crippen LogP contribution >= 0.6 is 0 Å². The van der Waals surface area contributed by atoms with E-state index in [9.17, 15) is 5.11 Å². The van der Waals surface area contributed by atoms with E-state index in [-0.39, 0.29) is 23.7 Å². The van der Waals surface area contributed by atoms with Gasteiger partial charge in [0.2, 0.25) is 0 Å². The molecule has 1 spiro atoms. The van der Waals surface area contributed by atoms with Gasteiger partial charge in [0.25, 0.3) is 0 Å². The van der Waals surface area contributed by atoms with Gasteiger partial charge in [-0.15, -0.1) is 0 Å². The monoisotopic (exact) mass is 315 g/mol. The Morgan fingerprint density at radius 1 is 1.35 bits per heavy atom. The predicted molar refractivity (Wildman–Crippen MR) is 82.0 cm³/mol. The quantitative estimate of drug-likeness (QED) is 0.774. The molecule has 2 bridgehead atoms. The first-order chi connectivity index (χ1) is 11.2. The van der Waals surface area contributed by atoms with Gasteiger partial charge in [-0.1, -0.05) is 6.07 Å². The van der Waals surface area contributed by atoms with E-state index in [1.807, 2.05) is 6.07 Å². The average Bonchev–Trinajstić information content (AvgIpc) is 3.27. The Labute approximate surface area is 135 Å². The molecule has 2 aliphatic carbocycles. The van der Waals surface area contributed by atoms with Crippen molar-refractivity contribution in [3.05, 3.63) is 23.3 Å². The third-order valence-electron chi connectivity index (χ3n) is 7.09. The summed E-state index contributed by atoms with van der Waals surface area (Å²) in [4.78, 5) is 2.48. The zero-order valence-corrected chi connectivity index (χ0v) is 13.4. The van der Waals surface area contributed by atoms with Gasteiger partial charge in [-0.3, -0.25) is 0 Å². The predicted octanol–water partition coefficient (Wildman–Crippen LogP) is 0.712. The fourth-order valence-electron chi connectivity index (χ4n) is 6.14. The van der Waals surface area contributed by atoms with Gasteiger partial charge in [0.15, 0.2) is 11.5 Å². The number of benzene rings is 1. The van der Waals surface area contributed by atoms with Crippen LogP contribution in [0.2, 0.25) is 0 Å². The van der Waals surface area contributed by atoms with Gasteiger partial charge >= 0.3 is 0 Å². The normalized spacial score (nSPS) is 48.3. The molecule has 5 heteroatoms. The van der Waals surface area contributed by atoms with Crippen molar-refractivity contribution < 1.29 is 19.3 Å². The molecule has 5 nitrogen and oxygen atoms in total. The first-order valence-electron chi connectivity index (χ1n) is 8.57. The molecule has 0 unspecified atom stereocenters. The van der Waals surface area contributed by atoms with Crippen LogP contribution in [0.15, 0.2) is 12.1 Å². The summed E-state index contributed by atoms with van der Waals surface area (Å²) >= 11 is 0. The summed E-state index contributed by atoms with van der Waals surface area (Å²) in [6, 6.07) is 4.69. The molecule has 1 aromatic carbocycles. The Morgan fingerprint density at radius 3 is 3.04 bits per heavy atom. The van der Waals surface area contributed by atoms with E-state index in [4.69, 9.17) is 14.2 Å². The maximum atomic E-state index is 10.8. The number of aliphatic hydroxyl groups excluding tert-OH is 1. The molecule has 6 rings (SSSR count). The molecule has 7 atom stereocenters. The molecule has 3 heterocycles. The van der Waals surface area contributed by atoms with E-state index in [0.29, 0.717) is 12.0 Å². The smallest absolute Gasteiger partial charge is 0.165 e. The van der Waals surface area contributed by atoms with Crippen molar-refractivity contribution in [2.24, 2.45) is 5.92 Å². The Morgan fingerprint density at radius 2 is 2.22 bits per heavy atom. The summed E-state index contributed by atoms with van der Waals surface area (Å²) in [5, 5.41) is 10.8. The number of hydrogen-bond donors (Lipinski definition) is 1. The van der Waals surface area contributed by atoms with E-state index >= 15 is 0 Å². The minimum Gasteiger partial charge on any atom is -0.493 e. The molecular formula is C18H21NO4. The summed E-state index contributed by atoms with van der Waals surface area (Å²) in [5.41, 5.74) is 2.57. The lowest BCUT2D eigenvalue weighted by Gasteiger charge is -2.57. The van der Waals surface area contributed by atoms with Crippen molar-refractivity contribution in [1.29, 1.82) is 0 Å². The first-order valence-corrected chi connectivity index (χ1v) is 8.57. The van der Waals surface area contributed by atoms with Crippen LogP contribution in [0.25, 0.3) is 0 Å². The molecule has 0 radical (unpaired) electrons. The van der Waals surface area contributed by atoms with Gasteiger partial charge in [-0.25, -0.2) is 0 Å². The highest BCUT2D eigenvalue weighted by Crippen LogP contribution is 2.66. The van der Waals surface area contributed by atoms with Crippen molar-refractivity contribution in [1.82, 2.24) is 4.90 Å². The maximum absolute atomic E-state index is 10.8. The Hall–Kier alpha value is -1.30. The third kappa shape index (κ3) is 1.26. The summed E-state index contributed by atoms with van der Waals surface area (Å²) in [6.07, 6.45) is 1.46. The van der Waals surface area contributed by atoms with Crippen LogP contribution in [0, 0.1) is 5.92 Å².